The van der Waals surface area contributed by atoms with Crippen molar-refractivity contribution in [3.05, 3.63) is 53.3 Å². The first-order chi connectivity index (χ1) is 11.0. The Balaban J connectivity index is 1.75. The summed E-state index contributed by atoms with van der Waals surface area (Å²) in [7, 11) is 1.88. The fraction of sp³-hybridized carbons (Fsp3) is 0.188. The van der Waals surface area contributed by atoms with E-state index in [4.69, 9.17) is 11.6 Å². The first-order valence-corrected chi connectivity index (χ1v) is 7.44. The highest BCUT2D eigenvalue weighted by Crippen LogP contribution is 2.21. The Labute approximate surface area is 138 Å². The van der Waals surface area contributed by atoms with Crippen molar-refractivity contribution in [3.63, 3.8) is 0 Å². The molecule has 118 valence electrons. The summed E-state index contributed by atoms with van der Waals surface area (Å²) < 4.78 is 1.87. The Hall–Kier alpha value is -2.60. The van der Waals surface area contributed by atoms with E-state index in [9.17, 15) is 9.59 Å². The van der Waals surface area contributed by atoms with Crippen LogP contribution in [0.2, 0.25) is 5.02 Å². The molecule has 0 N–H and O–H groups in total. The molecule has 0 saturated carbocycles. The van der Waals surface area contributed by atoms with Gasteiger partial charge in [0.15, 0.2) is 0 Å². The molecule has 7 heteroatoms. The third-order valence-corrected chi connectivity index (χ3v) is 3.84. The van der Waals surface area contributed by atoms with Crippen molar-refractivity contribution in [1.82, 2.24) is 9.58 Å². The number of hydrazone groups is 1. The number of aromatic nitrogens is 1. The highest BCUT2D eigenvalue weighted by atomic mass is 35.5. The summed E-state index contributed by atoms with van der Waals surface area (Å²) in [4.78, 5) is 26.0. The lowest BCUT2D eigenvalue weighted by Crippen LogP contribution is -2.52. The molecule has 0 atom stereocenters. The number of benzene rings is 1. The Bertz CT molecular complexity index is 784. The first kappa shape index (κ1) is 15.3. The van der Waals surface area contributed by atoms with Crippen LogP contribution in [-0.4, -0.2) is 40.7 Å². The second kappa shape index (κ2) is 6.26. The number of nitrogens with zero attached hydrogens (tertiary/aromatic N) is 4. The summed E-state index contributed by atoms with van der Waals surface area (Å²) in [6.45, 7) is -0.143. The molecule has 2 amide bonds. The van der Waals surface area contributed by atoms with Crippen LogP contribution in [0, 0.1) is 0 Å². The molecule has 6 nitrogen and oxygen atoms in total. The van der Waals surface area contributed by atoms with Gasteiger partial charge in [-0.2, -0.15) is 5.10 Å². The minimum atomic E-state index is -0.241. The zero-order valence-electron chi connectivity index (χ0n) is 12.5. The number of carbonyl (C=O) groups is 2. The second-order valence-corrected chi connectivity index (χ2v) is 5.64. The smallest absolute Gasteiger partial charge is 0.263 e. The van der Waals surface area contributed by atoms with Gasteiger partial charge in [0.25, 0.3) is 5.91 Å². The van der Waals surface area contributed by atoms with Crippen LogP contribution in [0.25, 0.3) is 0 Å². The lowest BCUT2D eigenvalue weighted by atomic mass is 10.2. The van der Waals surface area contributed by atoms with Gasteiger partial charge in [-0.25, -0.2) is 5.01 Å². The highest BCUT2D eigenvalue weighted by molar-refractivity contribution is 6.31. The minimum Gasteiger partial charge on any atom is -0.350 e. The minimum absolute atomic E-state index is 0.0519. The van der Waals surface area contributed by atoms with Gasteiger partial charge in [0.1, 0.15) is 13.1 Å². The largest absolute Gasteiger partial charge is 0.350 e. The number of carbonyl (C=O) groups excluding carboxylic acids is 2. The normalized spacial score (nSPS) is 15.7. The van der Waals surface area contributed by atoms with E-state index in [1.807, 2.05) is 29.9 Å². The zero-order chi connectivity index (χ0) is 16.4. The number of anilines is 1. The number of hydrogen-bond acceptors (Lipinski definition) is 3. The van der Waals surface area contributed by atoms with E-state index in [1.54, 1.807) is 30.5 Å². The summed E-state index contributed by atoms with van der Waals surface area (Å²) in [6, 6.07) is 10.6. The van der Waals surface area contributed by atoms with E-state index in [1.165, 1.54) is 9.91 Å². The lowest BCUT2D eigenvalue weighted by Gasteiger charge is -2.31. The molecule has 0 spiro atoms. The van der Waals surface area contributed by atoms with Crippen LogP contribution in [0.1, 0.15) is 5.69 Å². The van der Waals surface area contributed by atoms with Crippen LogP contribution in [0.15, 0.2) is 47.7 Å². The topological polar surface area (TPSA) is 57.9 Å². The number of amides is 2. The Morgan fingerprint density at radius 2 is 1.96 bits per heavy atom. The molecule has 23 heavy (non-hydrogen) atoms. The molecule has 1 aromatic heterocycles. The van der Waals surface area contributed by atoms with Gasteiger partial charge in [-0.15, -0.1) is 0 Å². The van der Waals surface area contributed by atoms with Crippen LogP contribution in [-0.2, 0) is 16.6 Å². The molecule has 0 unspecified atom stereocenters. The zero-order valence-corrected chi connectivity index (χ0v) is 13.3. The van der Waals surface area contributed by atoms with Crippen molar-refractivity contribution in [1.29, 1.82) is 0 Å². The molecule has 1 saturated heterocycles. The van der Waals surface area contributed by atoms with E-state index in [-0.39, 0.29) is 24.9 Å². The van der Waals surface area contributed by atoms with Gasteiger partial charge < -0.3 is 9.47 Å². The number of hydrogen-bond donors (Lipinski definition) is 0. The average Bonchev–Trinajstić information content (AvgIpc) is 2.93. The third-order valence-electron chi connectivity index (χ3n) is 3.60. The number of halogens is 1. The molecule has 3 rings (SSSR count). The SMILES string of the molecule is Cn1cccc1C=NN1CC(=O)N(c2cccc(Cl)c2)CC1=O. The van der Waals surface area contributed by atoms with Crippen molar-refractivity contribution in [2.75, 3.05) is 18.0 Å². The van der Waals surface area contributed by atoms with E-state index < -0.39 is 0 Å². The molecule has 2 heterocycles. The van der Waals surface area contributed by atoms with Gasteiger partial charge in [0, 0.05) is 24.0 Å². The van der Waals surface area contributed by atoms with E-state index in [0.29, 0.717) is 10.7 Å². The average molecular weight is 331 g/mol. The van der Waals surface area contributed by atoms with Crippen LogP contribution in [0.5, 0.6) is 0 Å². The summed E-state index contributed by atoms with van der Waals surface area (Å²) in [6.07, 6.45) is 3.45. The Morgan fingerprint density at radius 3 is 2.65 bits per heavy atom. The molecule has 0 radical (unpaired) electrons. The van der Waals surface area contributed by atoms with Crippen LogP contribution in [0.4, 0.5) is 5.69 Å². The number of rotatable bonds is 3. The molecular weight excluding hydrogens is 316 g/mol. The maximum absolute atomic E-state index is 12.3. The number of aryl methyl sites for hydroxylation is 1. The predicted octanol–water partition coefficient (Wildman–Crippen LogP) is 1.89. The van der Waals surface area contributed by atoms with Crippen molar-refractivity contribution in [2.45, 2.75) is 0 Å². The quantitative estimate of drug-likeness (QED) is 0.807. The van der Waals surface area contributed by atoms with Crippen LogP contribution >= 0.6 is 11.6 Å². The highest BCUT2D eigenvalue weighted by Gasteiger charge is 2.30. The molecule has 0 aliphatic carbocycles. The van der Waals surface area contributed by atoms with E-state index in [0.717, 1.165) is 5.69 Å². The van der Waals surface area contributed by atoms with Gasteiger partial charge in [-0.3, -0.25) is 9.59 Å². The summed E-state index contributed by atoms with van der Waals surface area (Å²) in [5.41, 5.74) is 1.46. The maximum atomic E-state index is 12.3. The molecule has 1 aliphatic rings. The van der Waals surface area contributed by atoms with Crippen LogP contribution in [0.3, 0.4) is 0 Å². The summed E-state index contributed by atoms with van der Waals surface area (Å²) in [5.74, 6) is -0.439. The summed E-state index contributed by atoms with van der Waals surface area (Å²) >= 11 is 5.94. The van der Waals surface area contributed by atoms with Gasteiger partial charge in [0.2, 0.25) is 5.91 Å². The van der Waals surface area contributed by atoms with Crippen molar-refractivity contribution in [2.24, 2.45) is 12.1 Å². The fourth-order valence-corrected chi connectivity index (χ4v) is 2.51. The second-order valence-electron chi connectivity index (χ2n) is 5.20. The van der Waals surface area contributed by atoms with Gasteiger partial charge in [-0.1, -0.05) is 17.7 Å². The monoisotopic (exact) mass is 330 g/mol. The van der Waals surface area contributed by atoms with Crippen molar-refractivity contribution in [3.8, 4) is 0 Å². The van der Waals surface area contributed by atoms with Gasteiger partial charge in [-0.05, 0) is 30.3 Å². The van der Waals surface area contributed by atoms with Gasteiger partial charge >= 0.3 is 0 Å². The predicted molar refractivity (Wildman–Crippen MR) is 88.5 cm³/mol. The van der Waals surface area contributed by atoms with Crippen molar-refractivity contribution < 1.29 is 9.59 Å². The fourth-order valence-electron chi connectivity index (χ4n) is 2.33. The molecule has 0 bridgehead atoms. The van der Waals surface area contributed by atoms with Gasteiger partial charge in [0.05, 0.1) is 11.9 Å². The molecular formula is C16H15ClN4O2. The Kier molecular flexibility index (Phi) is 4.16. The summed E-state index contributed by atoms with van der Waals surface area (Å²) in [5, 5.41) is 5.84. The van der Waals surface area contributed by atoms with E-state index in [2.05, 4.69) is 5.10 Å². The number of piperazine rings is 1. The standard InChI is InChI=1S/C16H15ClN4O2/c1-19-7-3-6-14(19)9-18-21-11-15(22)20(10-16(21)23)13-5-2-4-12(17)8-13/h2-9H,10-11H2,1H3. The molecule has 1 fully saturated rings. The third kappa shape index (κ3) is 3.27. The lowest BCUT2D eigenvalue weighted by molar-refractivity contribution is -0.138. The molecule has 2 aromatic rings. The Morgan fingerprint density at radius 1 is 1.13 bits per heavy atom. The van der Waals surface area contributed by atoms with Crippen LogP contribution < -0.4 is 4.90 Å². The molecule has 1 aliphatic heterocycles. The van der Waals surface area contributed by atoms with E-state index >= 15 is 0 Å². The van der Waals surface area contributed by atoms with Crippen molar-refractivity contribution >= 4 is 35.3 Å². The molecule has 1 aromatic carbocycles. The first-order valence-electron chi connectivity index (χ1n) is 7.06. The maximum Gasteiger partial charge on any atom is 0.263 e.